The summed E-state index contributed by atoms with van der Waals surface area (Å²) in [7, 11) is 1.59. The van der Waals surface area contributed by atoms with Crippen LogP contribution in [0.25, 0.3) is 0 Å². The van der Waals surface area contributed by atoms with Crippen molar-refractivity contribution in [2.75, 3.05) is 13.6 Å². The van der Waals surface area contributed by atoms with Crippen molar-refractivity contribution in [2.24, 2.45) is 5.92 Å². The summed E-state index contributed by atoms with van der Waals surface area (Å²) in [6, 6.07) is -0.124. The number of nitrogens with zero attached hydrogens (tertiary/aromatic N) is 1. The monoisotopic (exact) mass is 298 g/mol. The van der Waals surface area contributed by atoms with Crippen molar-refractivity contribution in [1.82, 2.24) is 10.2 Å². The topological polar surface area (TPSA) is 75.7 Å². The zero-order valence-electron chi connectivity index (χ0n) is 13.3. The van der Waals surface area contributed by atoms with Gasteiger partial charge < -0.3 is 19.7 Å². The molecule has 0 saturated carbocycles. The van der Waals surface area contributed by atoms with Gasteiger partial charge >= 0.3 is 6.09 Å². The average molecular weight is 298 g/mol. The van der Waals surface area contributed by atoms with E-state index >= 15 is 0 Å². The number of piperidine rings is 1. The van der Waals surface area contributed by atoms with Gasteiger partial charge in [0.15, 0.2) is 0 Å². The first kappa shape index (κ1) is 17.5. The SMILES string of the molecule is CNC(=O)CCC1CC(C=O)CCN1C(=O)OC(C)(C)C. The Morgan fingerprint density at radius 1 is 1.38 bits per heavy atom. The number of rotatable bonds is 4. The van der Waals surface area contributed by atoms with Crippen molar-refractivity contribution in [3.63, 3.8) is 0 Å². The van der Waals surface area contributed by atoms with Gasteiger partial charge in [0.05, 0.1) is 0 Å². The fourth-order valence-corrected chi connectivity index (χ4v) is 2.46. The molecule has 2 amide bonds. The quantitative estimate of drug-likeness (QED) is 0.802. The highest BCUT2D eigenvalue weighted by Gasteiger charge is 2.34. The number of aldehydes is 1. The summed E-state index contributed by atoms with van der Waals surface area (Å²) < 4.78 is 5.41. The van der Waals surface area contributed by atoms with Crippen LogP contribution in [0.4, 0.5) is 4.79 Å². The molecule has 21 heavy (non-hydrogen) atoms. The highest BCUT2D eigenvalue weighted by molar-refractivity contribution is 5.75. The van der Waals surface area contributed by atoms with Gasteiger partial charge in [-0.3, -0.25) is 4.79 Å². The average Bonchev–Trinajstić information content (AvgIpc) is 2.42. The molecular formula is C15H26N2O4. The Hall–Kier alpha value is -1.59. The fourth-order valence-electron chi connectivity index (χ4n) is 2.46. The van der Waals surface area contributed by atoms with Crippen LogP contribution in [0.15, 0.2) is 0 Å². The molecule has 0 bridgehead atoms. The number of carbonyl (C=O) groups is 3. The van der Waals surface area contributed by atoms with Gasteiger partial charge in [0.25, 0.3) is 0 Å². The van der Waals surface area contributed by atoms with Gasteiger partial charge in [-0.15, -0.1) is 0 Å². The lowest BCUT2D eigenvalue weighted by Gasteiger charge is -2.38. The maximum atomic E-state index is 12.2. The predicted octanol–water partition coefficient (Wildman–Crippen LogP) is 1.73. The second-order valence-electron chi connectivity index (χ2n) is 6.46. The smallest absolute Gasteiger partial charge is 0.410 e. The lowest BCUT2D eigenvalue weighted by molar-refractivity contribution is -0.121. The molecule has 1 fully saturated rings. The number of hydrogen-bond donors (Lipinski definition) is 1. The first-order chi connectivity index (χ1) is 9.76. The molecule has 0 radical (unpaired) electrons. The van der Waals surface area contributed by atoms with E-state index < -0.39 is 5.60 Å². The van der Waals surface area contributed by atoms with E-state index in [1.807, 2.05) is 20.8 Å². The first-order valence-corrected chi connectivity index (χ1v) is 7.42. The standard InChI is InChI=1S/C15H26N2O4/c1-15(2,3)21-14(20)17-8-7-11(10-18)9-12(17)5-6-13(19)16-4/h10-12H,5-9H2,1-4H3,(H,16,19). The summed E-state index contributed by atoms with van der Waals surface area (Å²) in [6.07, 6.45) is 2.71. The summed E-state index contributed by atoms with van der Waals surface area (Å²) in [5.74, 6) is -0.106. The lowest BCUT2D eigenvalue weighted by Crippen LogP contribution is -2.48. The van der Waals surface area contributed by atoms with Crippen LogP contribution in [0.5, 0.6) is 0 Å². The zero-order chi connectivity index (χ0) is 16.0. The van der Waals surface area contributed by atoms with Crippen LogP contribution in [-0.2, 0) is 14.3 Å². The molecule has 1 aliphatic rings. The normalized spacial score (nSPS) is 22.6. The van der Waals surface area contributed by atoms with Gasteiger partial charge in [0.2, 0.25) is 5.91 Å². The van der Waals surface area contributed by atoms with E-state index in [2.05, 4.69) is 5.32 Å². The molecule has 1 aliphatic heterocycles. The van der Waals surface area contributed by atoms with Crippen molar-refractivity contribution < 1.29 is 19.1 Å². The van der Waals surface area contributed by atoms with Crippen molar-refractivity contribution in [2.45, 2.75) is 58.1 Å². The van der Waals surface area contributed by atoms with Crippen molar-refractivity contribution in [3.8, 4) is 0 Å². The van der Waals surface area contributed by atoms with Gasteiger partial charge in [-0.25, -0.2) is 4.79 Å². The highest BCUT2D eigenvalue weighted by atomic mass is 16.6. The molecule has 2 atom stereocenters. The molecule has 1 rings (SSSR count). The van der Waals surface area contributed by atoms with Crippen LogP contribution in [0.1, 0.15) is 46.5 Å². The van der Waals surface area contributed by atoms with Crippen molar-refractivity contribution in [3.05, 3.63) is 0 Å². The number of nitrogens with one attached hydrogen (secondary N) is 1. The Morgan fingerprint density at radius 3 is 2.57 bits per heavy atom. The number of carbonyl (C=O) groups excluding carboxylic acids is 3. The third-order valence-corrected chi connectivity index (χ3v) is 3.56. The number of amides is 2. The molecule has 1 saturated heterocycles. The minimum absolute atomic E-state index is 0.0432. The van der Waals surface area contributed by atoms with Gasteiger partial charge in [-0.1, -0.05) is 0 Å². The minimum Gasteiger partial charge on any atom is -0.444 e. The molecule has 0 spiro atoms. The van der Waals surface area contributed by atoms with Gasteiger partial charge in [0.1, 0.15) is 11.9 Å². The van der Waals surface area contributed by atoms with Gasteiger partial charge in [0, 0.05) is 32.0 Å². The molecule has 0 aliphatic carbocycles. The minimum atomic E-state index is -0.552. The largest absolute Gasteiger partial charge is 0.444 e. The Morgan fingerprint density at radius 2 is 2.05 bits per heavy atom. The molecule has 0 aromatic carbocycles. The van der Waals surface area contributed by atoms with Crippen LogP contribution in [0.2, 0.25) is 0 Å². The molecule has 0 aromatic rings. The Labute approximate surface area is 126 Å². The summed E-state index contributed by atoms with van der Waals surface area (Å²) in [5, 5.41) is 2.57. The zero-order valence-corrected chi connectivity index (χ0v) is 13.3. The van der Waals surface area contributed by atoms with E-state index in [0.29, 0.717) is 32.2 Å². The number of likely N-dealkylation sites (tertiary alicyclic amines) is 1. The Balaban J connectivity index is 2.71. The van der Waals surface area contributed by atoms with Gasteiger partial charge in [-0.05, 0) is 40.0 Å². The molecule has 2 unspecified atom stereocenters. The predicted molar refractivity (Wildman–Crippen MR) is 78.8 cm³/mol. The Bertz CT molecular complexity index is 390. The number of ether oxygens (including phenoxy) is 1. The molecular weight excluding hydrogens is 272 g/mol. The van der Waals surface area contributed by atoms with E-state index in [1.54, 1.807) is 11.9 Å². The van der Waals surface area contributed by atoms with E-state index in [9.17, 15) is 14.4 Å². The molecule has 120 valence electrons. The molecule has 1 N–H and O–H groups in total. The van der Waals surface area contributed by atoms with Crippen LogP contribution in [0, 0.1) is 5.92 Å². The summed E-state index contributed by atoms with van der Waals surface area (Å²) >= 11 is 0. The molecule has 0 aromatic heterocycles. The summed E-state index contributed by atoms with van der Waals surface area (Å²) in [6.45, 7) is 5.96. The van der Waals surface area contributed by atoms with E-state index in [-0.39, 0.29) is 24.0 Å². The molecule has 6 heteroatoms. The van der Waals surface area contributed by atoms with Crippen molar-refractivity contribution >= 4 is 18.3 Å². The number of hydrogen-bond acceptors (Lipinski definition) is 4. The fraction of sp³-hybridized carbons (Fsp3) is 0.800. The van der Waals surface area contributed by atoms with Crippen LogP contribution in [-0.4, -0.2) is 48.4 Å². The van der Waals surface area contributed by atoms with Crippen molar-refractivity contribution in [1.29, 1.82) is 0 Å². The lowest BCUT2D eigenvalue weighted by atomic mass is 9.90. The first-order valence-electron chi connectivity index (χ1n) is 7.42. The summed E-state index contributed by atoms with van der Waals surface area (Å²) in [5.41, 5.74) is -0.552. The van der Waals surface area contributed by atoms with E-state index in [4.69, 9.17) is 4.74 Å². The highest BCUT2D eigenvalue weighted by Crippen LogP contribution is 2.26. The Kier molecular flexibility index (Phi) is 6.18. The third kappa shape index (κ3) is 5.73. The molecule has 1 heterocycles. The van der Waals surface area contributed by atoms with Crippen LogP contribution in [0.3, 0.4) is 0 Å². The maximum Gasteiger partial charge on any atom is 0.410 e. The van der Waals surface area contributed by atoms with Gasteiger partial charge in [-0.2, -0.15) is 0 Å². The second kappa shape index (κ2) is 7.43. The molecule has 6 nitrogen and oxygen atoms in total. The maximum absolute atomic E-state index is 12.2. The van der Waals surface area contributed by atoms with Crippen LogP contribution < -0.4 is 5.32 Å². The van der Waals surface area contributed by atoms with E-state index in [0.717, 1.165) is 6.29 Å². The van der Waals surface area contributed by atoms with Crippen LogP contribution >= 0.6 is 0 Å². The third-order valence-electron chi connectivity index (χ3n) is 3.56. The van der Waals surface area contributed by atoms with E-state index in [1.165, 1.54) is 0 Å². The summed E-state index contributed by atoms with van der Waals surface area (Å²) in [4.78, 5) is 36.3. The second-order valence-corrected chi connectivity index (χ2v) is 6.46.